The lowest BCUT2D eigenvalue weighted by atomic mass is 9.83. The molecule has 3 nitrogen and oxygen atoms in total. The second-order valence-corrected chi connectivity index (χ2v) is 6.31. The van der Waals surface area contributed by atoms with Crippen molar-refractivity contribution < 1.29 is 4.74 Å². The Kier molecular flexibility index (Phi) is 4.83. The van der Waals surface area contributed by atoms with Gasteiger partial charge in [0, 0.05) is 32.8 Å². The van der Waals surface area contributed by atoms with Gasteiger partial charge in [0.05, 0.1) is 6.61 Å². The highest BCUT2D eigenvalue weighted by Crippen LogP contribution is 2.29. The van der Waals surface area contributed by atoms with Crippen LogP contribution in [-0.4, -0.2) is 62.3 Å². The molecule has 0 radical (unpaired) electrons. The van der Waals surface area contributed by atoms with Gasteiger partial charge in [0.25, 0.3) is 0 Å². The van der Waals surface area contributed by atoms with E-state index in [1.807, 2.05) is 0 Å². The number of likely N-dealkylation sites (tertiary alicyclic amines) is 1. The molecule has 2 fully saturated rings. The fourth-order valence-electron chi connectivity index (χ4n) is 2.69. The van der Waals surface area contributed by atoms with Crippen LogP contribution >= 0.6 is 0 Å². The van der Waals surface area contributed by atoms with E-state index in [2.05, 4.69) is 23.6 Å². The normalized spacial score (nSPS) is 27.9. The molecule has 0 bridgehead atoms. The Bertz CT molecular complexity index is 212. The van der Waals surface area contributed by atoms with Crippen LogP contribution in [0.4, 0.5) is 0 Å². The van der Waals surface area contributed by atoms with Crippen molar-refractivity contribution in [3.8, 4) is 0 Å². The number of piperidine rings is 1. The molecule has 3 heteroatoms. The summed E-state index contributed by atoms with van der Waals surface area (Å²) in [6.45, 7) is 14.1. The Balaban J connectivity index is 1.64. The van der Waals surface area contributed by atoms with Crippen molar-refractivity contribution in [2.45, 2.75) is 33.1 Å². The highest BCUT2D eigenvalue weighted by molar-refractivity contribution is 4.79. The summed E-state index contributed by atoms with van der Waals surface area (Å²) in [6, 6.07) is 0. The minimum absolute atomic E-state index is 0.576. The van der Waals surface area contributed by atoms with Crippen molar-refractivity contribution in [1.82, 2.24) is 9.80 Å². The van der Waals surface area contributed by atoms with Gasteiger partial charge in [-0.3, -0.25) is 4.90 Å². The van der Waals surface area contributed by atoms with E-state index in [1.54, 1.807) is 0 Å². The minimum atomic E-state index is 0.576. The van der Waals surface area contributed by atoms with Crippen molar-refractivity contribution in [1.29, 1.82) is 0 Å². The fraction of sp³-hybridized carbons (Fsp3) is 1.00. The molecule has 100 valence electrons. The Morgan fingerprint density at radius 2 is 1.53 bits per heavy atom. The zero-order valence-corrected chi connectivity index (χ0v) is 11.6. The smallest absolute Gasteiger partial charge is 0.0593 e. The summed E-state index contributed by atoms with van der Waals surface area (Å²) < 4.78 is 5.49. The Morgan fingerprint density at radius 3 is 2.24 bits per heavy atom. The fourth-order valence-corrected chi connectivity index (χ4v) is 2.69. The van der Waals surface area contributed by atoms with Gasteiger partial charge in [-0.15, -0.1) is 0 Å². The van der Waals surface area contributed by atoms with E-state index in [-0.39, 0.29) is 0 Å². The van der Waals surface area contributed by atoms with Gasteiger partial charge in [0.15, 0.2) is 0 Å². The molecular weight excluding hydrogens is 212 g/mol. The van der Waals surface area contributed by atoms with Gasteiger partial charge in [-0.25, -0.2) is 0 Å². The van der Waals surface area contributed by atoms with E-state index >= 15 is 0 Å². The molecule has 0 unspecified atom stereocenters. The summed E-state index contributed by atoms with van der Waals surface area (Å²) in [5, 5.41) is 0. The molecule has 0 saturated carbocycles. The molecule has 17 heavy (non-hydrogen) atoms. The lowest BCUT2D eigenvalue weighted by molar-refractivity contribution is 0.112. The van der Waals surface area contributed by atoms with Gasteiger partial charge < -0.3 is 9.64 Å². The molecule has 0 aromatic carbocycles. The van der Waals surface area contributed by atoms with Gasteiger partial charge in [0.1, 0.15) is 0 Å². The molecule has 0 aliphatic carbocycles. The van der Waals surface area contributed by atoms with Crippen molar-refractivity contribution in [3.63, 3.8) is 0 Å². The van der Waals surface area contributed by atoms with E-state index in [4.69, 9.17) is 4.74 Å². The Hall–Kier alpha value is -0.120. The van der Waals surface area contributed by atoms with Crippen molar-refractivity contribution >= 4 is 0 Å². The van der Waals surface area contributed by atoms with Crippen LogP contribution in [-0.2, 0) is 4.74 Å². The molecule has 2 rings (SSSR count). The molecule has 2 heterocycles. The summed E-state index contributed by atoms with van der Waals surface area (Å²) in [4.78, 5) is 5.20. The first kappa shape index (κ1) is 13.3. The Labute approximate surface area is 106 Å². The van der Waals surface area contributed by atoms with E-state index in [1.165, 1.54) is 52.0 Å². The lowest BCUT2D eigenvalue weighted by Gasteiger charge is -2.37. The molecule has 0 atom stereocenters. The second-order valence-electron chi connectivity index (χ2n) is 6.31. The molecular formula is C14H28N2O. The average molecular weight is 240 g/mol. The van der Waals surface area contributed by atoms with Crippen LogP contribution in [0.2, 0.25) is 0 Å². The standard InChI is InChI=1S/C14H28N2O/c1-14(2)4-7-16(8-5-14)10-9-15-6-3-12-17-13-11-15/h3-13H2,1-2H3. The topological polar surface area (TPSA) is 15.7 Å². The molecule has 0 amide bonds. The van der Waals surface area contributed by atoms with Gasteiger partial charge in [-0.2, -0.15) is 0 Å². The van der Waals surface area contributed by atoms with Crippen LogP contribution in [0.1, 0.15) is 33.1 Å². The predicted molar refractivity (Wildman–Crippen MR) is 71.3 cm³/mol. The number of hydrogen-bond acceptors (Lipinski definition) is 3. The van der Waals surface area contributed by atoms with Crippen molar-refractivity contribution in [2.75, 3.05) is 52.5 Å². The summed E-state index contributed by atoms with van der Waals surface area (Å²) in [5.41, 5.74) is 0.576. The van der Waals surface area contributed by atoms with Gasteiger partial charge in [-0.1, -0.05) is 13.8 Å². The van der Waals surface area contributed by atoms with Gasteiger partial charge in [-0.05, 0) is 37.8 Å². The first-order valence-corrected chi connectivity index (χ1v) is 7.18. The van der Waals surface area contributed by atoms with Crippen LogP contribution in [0, 0.1) is 5.41 Å². The summed E-state index contributed by atoms with van der Waals surface area (Å²) >= 11 is 0. The number of hydrogen-bond donors (Lipinski definition) is 0. The quantitative estimate of drug-likeness (QED) is 0.748. The molecule has 2 aliphatic rings. The molecule has 2 aliphatic heterocycles. The maximum atomic E-state index is 5.49. The number of rotatable bonds is 3. The van der Waals surface area contributed by atoms with Crippen LogP contribution in [0.15, 0.2) is 0 Å². The van der Waals surface area contributed by atoms with Crippen LogP contribution in [0.25, 0.3) is 0 Å². The third-order valence-corrected chi connectivity index (χ3v) is 4.26. The predicted octanol–water partition coefficient (Wildman–Crippen LogP) is 1.83. The highest BCUT2D eigenvalue weighted by Gasteiger charge is 2.25. The summed E-state index contributed by atoms with van der Waals surface area (Å²) in [6.07, 6.45) is 3.92. The van der Waals surface area contributed by atoms with Crippen LogP contribution in [0.3, 0.4) is 0 Å². The van der Waals surface area contributed by atoms with E-state index in [0.29, 0.717) is 5.41 Å². The van der Waals surface area contributed by atoms with E-state index < -0.39 is 0 Å². The minimum Gasteiger partial charge on any atom is -0.380 e. The van der Waals surface area contributed by atoms with Crippen molar-refractivity contribution in [3.05, 3.63) is 0 Å². The maximum Gasteiger partial charge on any atom is 0.0593 e. The molecule has 0 aromatic rings. The first-order valence-electron chi connectivity index (χ1n) is 7.18. The average Bonchev–Trinajstić information content (AvgIpc) is 2.56. The van der Waals surface area contributed by atoms with E-state index in [9.17, 15) is 0 Å². The summed E-state index contributed by atoms with van der Waals surface area (Å²) in [7, 11) is 0. The van der Waals surface area contributed by atoms with Crippen molar-refractivity contribution in [2.24, 2.45) is 5.41 Å². The zero-order valence-electron chi connectivity index (χ0n) is 11.6. The number of nitrogens with zero attached hydrogens (tertiary/aromatic N) is 2. The van der Waals surface area contributed by atoms with Gasteiger partial charge >= 0.3 is 0 Å². The number of ether oxygens (including phenoxy) is 1. The maximum absolute atomic E-state index is 5.49. The third-order valence-electron chi connectivity index (χ3n) is 4.26. The molecule has 2 saturated heterocycles. The van der Waals surface area contributed by atoms with Gasteiger partial charge in [0.2, 0.25) is 0 Å². The summed E-state index contributed by atoms with van der Waals surface area (Å²) in [5.74, 6) is 0. The SMILES string of the molecule is CC1(C)CCN(CCN2CCCOCC2)CC1. The third kappa shape index (κ3) is 4.57. The highest BCUT2D eigenvalue weighted by atomic mass is 16.5. The second kappa shape index (κ2) is 6.17. The van der Waals surface area contributed by atoms with E-state index in [0.717, 1.165) is 19.8 Å². The van der Waals surface area contributed by atoms with Crippen LogP contribution in [0.5, 0.6) is 0 Å². The monoisotopic (exact) mass is 240 g/mol. The first-order chi connectivity index (χ1) is 8.16. The molecule has 0 spiro atoms. The van der Waals surface area contributed by atoms with Crippen LogP contribution < -0.4 is 0 Å². The molecule has 0 aromatic heterocycles. The Morgan fingerprint density at radius 1 is 0.882 bits per heavy atom. The lowest BCUT2D eigenvalue weighted by Crippen LogP contribution is -2.42. The zero-order chi connectivity index (χ0) is 12.1. The molecule has 0 N–H and O–H groups in total. The largest absolute Gasteiger partial charge is 0.380 e.